The smallest absolute Gasteiger partial charge is 0.187 e. The van der Waals surface area contributed by atoms with E-state index in [1.165, 1.54) is 11.3 Å². The second-order valence-electron chi connectivity index (χ2n) is 4.44. The highest BCUT2D eigenvalue weighted by Gasteiger charge is 2.16. The number of nitrogens with zero attached hydrogens (tertiary/aromatic N) is 4. The summed E-state index contributed by atoms with van der Waals surface area (Å²) in [6, 6.07) is 5.34. The number of benzene rings is 1. The van der Waals surface area contributed by atoms with E-state index in [2.05, 4.69) is 29.1 Å². The van der Waals surface area contributed by atoms with E-state index in [1.807, 2.05) is 6.07 Å². The molecular formula is C12H10Cl2N4S. The fraction of sp³-hybridized carbons (Fsp3) is 0.250. The highest BCUT2D eigenvalue weighted by Crippen LogP contribution is 2.33. The summed E-state index contributed by atoms with van der Waals surface area (Å²) in [5.41, 5.74) is 0.819. The van der Waals surface area contributed by atoms with Crippen LogP contribution in [0.3, 0.4) is 0 Å². The van der Waals surface area contributed by atoms with Crippen LogP contribution in [0.1, 0.15) is 25.6 Å². The van der Waals surface area contributed by atoms with Crippen LogP contribution in [-0.4, -0.2) is 19.8 Å². The van der Waals surface area contributed by atoms with Crippen molar-refractivity contribution in [3.05, 3.63) is 34.1 Å². The second kappa shape index (κ2) is 4.74. The summed E-state index contributed by atoms with van der Waals surface area (Å²) >= 11 is 13.6. The summed E-state index contributed by atoms with van der Waals surface area (Å²) in [5.74, 6) is 1.11. The largest absolute Gasteiger partial charge is 0.234 e. The number of hydrogen-bond donors (Lipinski definition) is 0. The van der Waals surface area contributed by atoms with Crippen molar-refractivity contribution >= 4 is 39.5 Å². The molecule has 0 unspecified atom stereocenters. The fourth-order valence-electron chi connectivity index (χ4n) is 1.76. The Morgan fingerprint density at radius 2 is 2.00 bits per heavy atom. The molecule has 7 heteroatoms. The van der Waals surface area contributed by atoms with Crippen LogP contribution in [0.2, 0.25) is 10.0 Å². The van der Waals surface area contributed by atoms with Gasteiger partial charge in [-0.2, -0.15) is 9.61 Å². The van der Waals surface area contributed by atoms with Gasteiger partial charge in [0.15, 0.2) is 5.82 Å². The average Bonchev–Trinajstić information content (AvgIpc) is 2.91. The summed E-state index contributed by atoms with van der Waals surface area (Å²) in [4.78, 5) is 0.759. The van der Waals surface area contributed by atoms with Crippen LogP contribution in [0, 0.1) is 0 Å². The molecule has 0 amide bonds. The Bertz CT molecular complexity index is 747. The summed E-state index contributed by atoms with van der Waals surface area (Å²) in [5, 5.41) is 14.8. The Balaban J connectivity index is 2.18. The topological polar surface area (TPSA) is 43.1 Å². The number of fused-ring (bicyclic) bond motifs is 1. The van der Waals surface area contributed by atoms with Crippen LogP contribution >= 0.6 is 34.5 Å². The molecule has 0 aliphatic rings. The molecule has 19 heavy (non-hydrogen) atoms. The molecule has 0 aliphatic carbocycles. The Morgan fingerprint density at radius 3 is 2.74 bits per heavy atom. The minimum Gasteiger partial charge on any atom is -0.187 e. The van der Waals surface area contributed by atoms with Crippen LogP contribution in [0.25, 0.3) is 15.5 Å². The number of aromatic nitrogens is 4. The molecule has 2 heterocycles. The van der Waals surface area contributed by atoms with Gasteiger partial charge in [-0.05, 0) is 18.2 Å². The molecule has 2 aromatic heterocycles. The molecule has 0 atom stereocenters. The third-order valence-corrected chi connectivity index (χ3v) is 4.19. The van der Waals surface area contributed by atoms with Gasteiger partial charge in [-0.3, -0.25) is 0 Å². The molecule has 0 spiro atoms. The summed E-state index contributed by atoms with van der Waals surface area (Å²) < 4.78 is 1.77. The van der Waals surface area contributed by atoms with E-state index in [4.69, 9.17) is 23.2 Å². The molecule has 1 aromatic carbocycles. The summed E-state index contributed by atoms with van der Waals surface area (Å²) in [6.45, 7) is 4.11. The standard InChI is InChI=1S/C12H10Cl2N4S/c1-6(2)10-15-16-12-18(10)17-11(19-12)8-5-7(13)3-4-9(8)14/h3-6H,1-2H3. The van der Waals surface area contributed by atoms with Crippen molar-refractivity contribution < 1.29 is 0 Å². The first-order valence-corrected chi connectivity index (χ1v) is 7.31. The van der Waals surface area contributed by atoms with Gasteiger partial charge in [0.05, 0.1) is 5.02 Å². The van der Waals surface area contributed by atoms with Crippen LogP contribution in [0.15, 0.2) is 18.2 Å². The molecule has 0 saturated carbocycles. The highest BCUT2D eigenvalue weighted by atomic mass is 35.5. The van der Waals surface area contributed by atoms with Gasteiger partial charge in [-0.1, -0.05) is 48.4 Å². The lowest BCUT2D eigenvalue weighted by Gasteiger charge is -2.01. The Kier molecular flexibility index (Phi) is 3.20. The number of rotatable bonds is 2. The van der Waals surface area contributed by atoms with E-state index in [9.17, 15) is 0 Å². The lowest BCUT2D eigenvalue weighted by atomic mass is 10.2. The van der Waals surface area contributed by atoms with Gasteiger partial charge in [0, 0.05) is 16.5 Å². The maximum atomic E-state index is 6.19. The Morgan fingerprint density at radius 1 is 1.21 bits per heavy atom. The molecule has 0 saturated heterocycles. The van der Waals surface area contributed by atoms with Gasteiger partial charge in [-0.25, -0.2) is 0 Å². The molecule has 0 bridgehead atoms. The van der Waals surface area contributed by atoms with Crippen molar-refractivity contribution in [3.63, 3.8) is 0 Å². The molecule has 3 rings (SSSR count). The molecule has 98 valence electrons. The zero-order valence-electron chi connectivity index (χ0n) is 10.3. The average molecular weight is 313 g/mol. The van der Waals surface area contributed by atoms with Crippen molar-refractivity contribution in [2.24, 2.45) is 0 Å². The van der Waals surface area contributed by atoms with Gasteiger partial charge >= 0.3 is 0 Å². The molecule has 4 nitrogen and oxygen atoms in total. The predicted molar refractivity (Wildman–Crippen MR) is 78.2 cm³/mol. The third-order valence-electron chi connectivity index (χ3n) is 2.69. The predicted octanol–water partition coefficient (Wildman–Crippen LogP) is 4.28. The minimum atomic E-state index is 0.264. The van der Waals surface area contributed by atoms with E-state index >= 15 is 0 Å². The van der Waals surface area contributed by atoms with Gasteiger partial charge in [0.2, 0.25) is 4.96 Å². The zero-order valence-corrected chi connectivity index (χ0v) is 12.6. The molecule has 3 aromatic rings. The third kappa shape index (κ3) is 2.22. The van der Waals surface area contributed by atoms with Gasteiger partial charge < -0.3 is 0 Å². The normalized spacial score (nSPS) is 11.6. The zero-order chi connectivity index (χ0) is 13.6. The van der Waals surface area contributed by atoms with Crippen molar-refractivity contribution in [1.82, 2.24) is 19.8 Å². The molecule has 0 fully saturated rings. The lowest BCUT2D eigenvalue weighted by Crippen LogP contribution is -1.97. The van der Waals surface area contributed by atoms with Crippen LogP contribution in [0.5, 0.6) is 0 Å². The van der Waals surface area contributed by atoms with Crippen molar-refractivity contribution in [2.45, 2.75) is 19.8 Å². The maximum absolute atomic E-state index is 6.19. The fourth-order valence-corrected chi connectivity index (χ4v) is 3.07. The van der Waals surface area contributed by atoms with Crippen LogP contribution < -0.4 is 0 Å². The van der Waals surface area contributed by atoms with Crippen LogP contribution in [0.4, 0.5) is 0 Å². The minimum absolute atomic E-state index is 0.264. The van der Waals surface area contributed by atoms with E-state index in [0.717, 1.165) is 21.4 Å². The van der Waals surface area contributed by atoms with Gasteiger partial charge in [-0.15, -0.1) is 10.2 Å². The molecule has 0 aliphatic heterocycles. The quantitative estimate of drug-likeness (QED) is 0.709. The number of halogens is 2. The van der Waals surface area contributed by atoms with Crippen molar-refractivity contribution in [3.8, 4) is 10.6 Å². The lowest BCUT2D eigenvalue weighted by molar-refractivity contribution is 0.727. The second-order valence-corrected chi connectivity index (χ2v) is 6.24. The highest BCUT2D eigenvalue weighted by molar-refractivity contribution is 7.19. The first-order chi connectivity index (χ1) is 9.06. The SMILES string of the molecule is CC(C)c1nnc2sc(-c3cc(Cl)ccc3Cl)nn12. The first kappa shape index (κ1) is 12.8. The first-order valence-electron chi connectivity index (χ1n) is 5.74. The summed E-state index contributed by atoms with van der Waals surface area (Å²) in [7, 11) is 0. The van der Waals surface area contributed by atoms with Gasteiger partial charge in [0.25, 0.3) is 0 Å². The van der Waals surface area contributed by atoms with Crippen molar-refractivity contribution in [1.29, 1.82) is 0 Å². The monoisotopic (exact) mass is 312 g/mol. The Hall–Kier alpha value is -1.17. The van der Waals surface area contributed by atoms with Gasteiger partial charge in [0.1, 0.15) is 5.01 Å². The summed E-state index contributed by atoms with van der Waals surface area (Å²) in [6.07, 6.45) is 0. The Labute approximate surface area is 124 Å². The van der Waals surface area contributed by atoms with Crippen LogP contribution in [-0.2, 0) is 0 Å². The van der Waals surface area contributed by atoms with E-state index < -0.39 is 0 Å². The van der Waals surface area contributed by atoms with E-state index in [0.29, 0.717) is 10.0 Å². The van der Waals surface area contributed by atoms with E-state index in [-0.39, 0.29) is 5.92 Å². The molecular weight excluding hydrogens is 303 g/mol. The van der Waals surface area contributed by atoms with E-state index in [1.54, 1.807) is 16.6 Å². The maximum Gasteiger partial charge on any atom is 0.234 e. The molecule has 0 radical (unpaired) electrons. The number of hydrogen-bond acceptors (Lipinski definition) is 4. The molecule has 0 N–H and O–H groups in total. The van der Waals surface area contributed by atoms with Crippen molar-refractivity contribution in [2.75, 3.05) is 0 Å².